The highest BCUT2D eigenvalue weighted by atomic mass is 16.3. The summed E-state index contributed by atoms with van der Waals surface area (Å²) in [6.07, 6.45) is 7.96. The molecule has 0 aromatic heterocycles. The molecule has 0 heterocycles. The summed E-state index contributed by atoms with van der Waals surface area (Å²) in [6, 6.07) is 0. The van der Waals surface area contributed by atoms with Crippen LogP contribution in [0.25, 0.3) is 0 Å². The van der Waals surface area contributed by atoms with E-state index >= 15 is 0 Å². The van der Waals surface area contributed by atoms with E-state index < -0.39 is 5.60 Å². The van der Waals surface area contributed by atoms with Gasteiger partial charge in [-0.25, -0.2) is 0 Å². The first kappa shape index (κ1) is 9.89. The van der Waals surface area contributed by atoms with E-state index in [0.717, 1.165) is 18.3 Å². The Kier molecular flexibility index (Phi) is 1.65. The Morgan fingerprint density at radius 2 is 2.07 bits per heavy atom. The summed E-state index contributed by atoms with van der Waals surface area (Å²) < 4.78 is 0. The molecule has 1 heteroatoms. The van der Waals surface area contributed by atoms with Gasteiger partial charge in [-0.2, -0.15) is 0 Å². The van der Waals surface area contributed by atoms with Gasteiger partial charge in [0, 0.05) is 5.41 Å². The van der Waals surface area contributed by atoms with Gasteiger partial charge in [0.15, 0.2) is 0 Å². The summed E-state index contributed by atoms with van der Waals surface area (Å²) in [5, 5.41) is 10.7. The van der Waals surface area contributed by atoms with Crippen molar-refractivity contribution in [2.45, 2.75) is 51.6 Å². The Morgan fingerprint density at radius 1 is 1.33 bits per heavy atom. The van der Waals surface area contributed by atoms with Crippen LogP contribution < -0.4 is 0 Å². The third kappa shape index (κ3) is 0.791. The number of hydrogen-bond donors (Lipinski definition) is 1. The Hall–Kier alpha value is -0.300. The SMILES string of the molecule is C=CC1(O)C[C@]2(C)CC[C@H]3[C@H](C)CC[C@@]312. The van der Waals surface area contributed by atoms with E-state index in [1.165, 1.54) is 25.7 Å². The lowest BCUT2D eigenvalue weighted by Gasteiger charge is -2.65. The molecular weight excluding hydrogens is 184 g/mol. The highest BCUT2D eigenvalue weighted by molar-refractivity contribution is 5.31. The van der Waals surface area contributed by atoms with Gasteiger partial charge < -0.3 is 5.11 Å². The predicted molar refractivity (Wildman–Crippen MR) is 61.4 cm³/mol. The maximum atomic E-state index is 10.7. The van der Waals surface area contributed by atoms with Crippen molar-refractivity contribution < 1.29 is 5.11 Å². The minimum absolute atomic E-state index is 0.196. The van der Waals surface area contributed by atoms with Crippen LogP contribution >= 0.6 is 0 Å². The molecule has 0 bridgehead atoms. The first-order chi connectivity index (χ1) is 6.99. The molecule has 0 saturated heterocycles. The highest BCUT2D eigenvalue weighted by Crippen LogP contribution is 2.79. The van der Waals surface area contributed by atoms with E-state index in [1.54, 1.807) is 0 Å². The van der Waals surface area contributed by atoms with E-state index in [4.69, 9.17) is 0 Å². The molecule has 1 nitrogen and oxygen atoms in total. The van der Waals surface area contributed by atoms with Gasteiger partial charge in [0.25, 0.3) is 0 Å². The third-order valence-electron chi connectivity index (χ3n) is 6.17. The Labute approximate surface area is 92.6 Å². The summed E-state index contributed by atoms with van der Waals surface area (Å²) in [5.41, 5.74) is 0.0558. The van der Waals surface area contributed by atoms with Crippen molar-refractivity contribution in [2.75, 3.05) is 0 Å². The quantitative estimate of drug-likeness (QED) is 0.653. The van der Waals surface area contributed by atoms with E-state index in [0.29, 0.717) is 5.41 Å². The lowest BCUT2D eigenvalue weighted by Crippen LogP contribution is -2.67. The van der Waals surface area contributed by atoms with Gasteiger partial charge in [0.2, 0.25) is 0 Å². The van der Waals surface area contributed by atoms with E-state index in [1.807, 2.05) is 6.08 Å². The van der Waals surface area contributed by atoms with E-state index in [9.17, 15) is 5.11 Å². The Balaban J connectivity index is 2.09. The molecule has 0 aromatic rings. The molecular formula is C14H22O. The molecule has 0 aliphatic heterocycles. The topological polar surface area (TPSA) is 20.2 Å². The second-order valence-electron chi connectivity index (χ2n) is 6.50. The molecule has 1 spiro atoms. The van der Waals surface area contributed by atoms with Gasteiger partial charge in [0.1, 0.15) is 0 Å². The average Bonchev–Trinajstić information content (AvgIpc) is 2.65. The van der Waals surface area contributed by atoms with Crippen LogP contribution in [-0.4, -0.2) is 10.7 Å². The zero-order chi connectivity index (χ0) is 10.9. The molecule has 3 fully saturated rings. The molecule has 84 valence electrons. The van der Waals surface area contributed by atoms with Crippen LogP contribution in [0.2, 0.25) is 0 Å². The smallest absolute Gasteiger partial charge is 0.0894 e. The van der Waals surface area contributed by atoms with Crippen LogP contribution in [0.3, 0.4) is 0 Å². The molecule has 3 saturated carbocycles. The van der Waals surface area contributed by atoms with Crippen molar-refractivity contribution in [1.29, 1.82) is 0 Å². The molecule has 0 amide bonds. The third-order valence-corrected chi connectivity index (χ3v) is 6.17. The molecule has 3 aliphatic carbocycles. The van der Waals surface area contributed by atoms with Crippen molar-refractivity contribution in [2.24, 2.45) is 22.7 Å². The predicted octanol–water partition coefficient (Wildman–Crippen LogP) is 3.14. The highest BCUT2D eigenvalue weighted by Gasteiger charge is 2.76. The molecule has 3 rings (SSSR count). The van der Waals surface area contributed by atoms with Crippen LogP contribution in [0.1, 0.15) is 46.0 Å². The Morgan fingerprint density at radius 3 is 2.73 bits per heavy atom. The number of aliphatic hydroxyl groups is 1. The van der Waals surface area contributed by atoms with Gasteiger partial charge in [-0.05, 0) is 49.4 Å². The summed E-state index contributed by atoms with van der Waals surface area (Å²) in [5.74, 6) is 1.55. The molecule has 1 N–H and O–H groups in total. The van der Waals surface area contributed by atoms with Gasteiger partial charge in [-0.1, -0.05) is 19.9 Å². The fourth-order valence-corrected chi connectivity index (χ4v) is 5.51. The molecule has 0 aromatic carbocycles. The van der Waals surface area contributed by atoms with Crippen LogP contribution in [0, 0.1) is 22.7 Å². The van der Waals surface area contributed by atoms with Crippen LogP contribution in [0.15, 0.2) is 12.7 Å². The van der Waals surface area contributed by atoms with Gasteiger partial charge in [-0.15, -0.1) is 6.58 Å². The molecule has 15 heavy (non-hydrogen) atoms. The minimum Gasteiger partial charge on any atom is -0.385 e. The monoisotopic (exact) mass is 206 g/mol. The van der Waals surface area contributed by atoms with Gasteiger partial charge >= 0.3 is 0 Å². The van der Waals surface area contributed by atoms with E-state index in [2.05, 4.69) is 20.4 Å². The summed E-state index contributed by atoms with van der Waals surface area (Å²) in [7, 11) is 0. The second-order valence-corrected chi connectivity index (χ2v) is 6.50. The number of rotatable bonds is 1. The maximum Gasteiger partial charge on any atom is 0.0894 e. The minimum atomic E-state index is -0.548. The van der Waals surface area contributed by atoms with Gasteiger partial charge in [-0.3, -0.25) is 0 Å². The van der Waals surface area contributed by atoms with E-state index in [-0.39, 0.29) is 5.41 Å². The van der Waals surface area contributed by atoms with Crippen LogP contribution in [-0.2, 0) is 0 Å². The van der Waals surface area contributed by atoms with Crippen LogP contribution in [0.5, 0.6) is 0 Å². The first-order valence-electron chi connectivity index (χ1n) is 6.35. The van der Waals surface area contributed by atoms with Crippen molar-refractivity contribution in [1.82, 2.24) is 0 Å². The van der Waals surface area contributed by atoms with Crippen LogP contribution in [0.4, 0.5) is 0 Å². The summed E-state index contributed by atoms with van der Waals surface area (Å²) >= 11 is 0. The zero-order valence-electron chi connectivity index (χ0n) is 9.92. The molecule has 1 unspecified atom stereocenters. The Bertz CT molecular complexity index is 323. The lowest BCUT2D eigenvalue weighted by atomic mass is 9.41. The number of hydrogen-bond acceptors (Lipinski definition) is 1. The normalized spacial score (nSPS) is 62.1. The lowest BCUT2D eigenvalue weighted by molar-refractivity contribution is -0.228. The largest absolute Gasteiger partial charge is 0.385 e. The summed E-state index contributed by atoms with van der Waals surface area (Å²) in [4.78, 5) is 0. The zero-order valence-corrected chi connectivity index (χ0v) is 9.92. The molecule has 0 radical (unpaired) electrons. The van der Waals surface area contributed by atoms with Crippen molar-refractivity contribution in [3.63, 3.8) is 0 Å². The van der Waals surface area contributed by atoms with Crippen molar-refractivity contribution in [3.8, 4) is 0 Å². The average molecular weight is 206 g/mol. The fourth-order valence-electron chi connectivity index (χ4n) is 5.51. The fraction of sp³-hybridized carbons (Fsp3) is 0.857. The van der Waals surface area contributed by atoms with Crippen molar-refractivity contribution in [3.05, 3.63) is 12.7 Å². The maximum absolute atomic E-state index is 10.7. The first-order valence-corrected chi connectivity index (χ1v) is 6.35. The second kappa shape index (κ2) is 2.51. The van der Waals surface area contributed by atoms with Crippen molar-refractivity contribution >= 4 is 0 Å². The molecule has 3 aliphatic rings. The summed E-state index contributed by atoms with van der Waals surface area (Å²) in [6.45, 7) is 8.64. The van der Waals surface area contributed by atoms with Gasteiger partial charge in [0.05, 0.1) is 5.60 Å². The molecule has 5 atom stereocenters. The standard InChI is InChI=1S/C14H22O/c1-4-13(15)9-12(3)7-6-11-10(2)5-8-14(11,12)13/h4,10-11,15H,1,5-9H2,2-3H3/t10-,11+,12+,13?,14+/m1/s1.